The smallest absolute Gasteiger partial charge is 0.241 e. The monoisotopic (exact) mass is 291 g/mol. The van der Waals surface area contributed by atoms with Crippen molar-refractivity contribution in [2.45, 2.75) is 30.6 Å². The van der Waals surface area contributed by atoms with Gasteiger partial charge in [0.1, 0.15) is 6.33 Å². The van der Waals surface area contributed by atoms with Crippen molar-refractivity contribution in [3.05, 3.63) is 18.7 Å². The van der Waals surface area contributed by atoms with Gasteiger partial charge in [0.25, 0.3) is 0 Å². The molecule has 2 heterocycles. The summed E-state index contributed by atoms with van der Waals surface area (Å²) in [6.45, 7) is 0. The maximum atomic E-state index is 5.75. The van der Waals surface area contributed by atoms with E-state index in [1.54, 1.807) is 23.3 Å². The topological polar surface area (TPSA) is 94.5 Å². The lowest BCUT2D eigenvalue weighted by atomic mass is 10.2. The molecule has 2 aromatic rings. The van der Waals surface area contributed by atoms with Gasteiger partial charge in [-0.2, -0.15) is 26.7 Å². The second kappa shape index (κ2) is 5.66. The number of thioether (sulfide) groups is 1. The summed E-state index contributed by atoms with van der Waals surface area (Å²) < 4.78 is 1.71. The molecular weight excluding hydrogens is 274 g/mol. The molecule has 0 saturated heterocycles. The number of rotatable bonds is 4. The molecule has 8 heteroatoms. The molecular formula is C12H17N7S. The van der Waals surface area contributed by atoms with Gasteiger partial charge in [0.15, 0.2) is 0 Å². The van der Waals surface area contributed by atoms with Crippen LogP contribution in [0, 0.1) is 0 Å². The van der Waals surface area contributed by atoms with Gasteiger partial charge >= 0.3 is 0 Å². The number of nitrogen functional groups attached to an aromatic ring is 1. The second-order valence-electron chi connectivity index (χ2n) is 4.80. The third-order valence-corrected chi connectivity index (χ3v) is 4.52. The predicted molar refractivity (Wildman–Crippen MR) is 79.9 cm³/mol. The van der Waals surface area contributed by atoms with Crippen LogP contribution in [0.1, 0.15) is 19.3 Å². The molecule has 106 valence electrons. The molecule has 0 radical (unpaired) electrons. The molecule has 20 heavy (non-hydrogen) atoms. The van der Waals surface area contributed by atoms with Crippen molar-refractivity contribution in [2.75, 3.05) is 17.3 Å². The summed E-state index contributed by atoms with van der Waals surface area (Å²) in [6, 6.07) is 0.407. The Bertz CT molecular complexity index is 571. The van der Waals surface area contributed by atoms with Crippen molar-refractivity contribution in [3.63, 3.8) is 0 Å². The number of nitrogens with zero attached hydrogens (tertiary/aromatic N) is 5. The molecule has 2 atom stereocenters. The minimum Gasteiger partial charge on any atom is -0.368 e. The normalized spacial score (nSPS) is 22.1. The van der Waals surface area contributed by atoms with Gasteiger partial charge in [-0.25, -0.2) is 4.98 Å². The average Bonchev–Trinajstić information content (AvgIpc) is 3.09. The molecule has 1 aliphatic carbocycles. The van der Waals surface area contributed by atoms with E-state index >= 15 is 0 Å². The van der Waals surface area contributed by atoms with E-state index in [0.29, 0.717) is 17.9 Å². The molecule has 1 aliphatic rings. The fourth-order valence-corrected chi connectivity index (χ4v) is 3.20. The zero-order chi connectivity index (χ0) is 13.9. The summed E-state index contributed by atoms with van der Waals surface area (Å²) in [5.74, 6) is 1.23. The third-order valence-electron chi connectivity index (χ3n) is 3.43. The maximum absolute atomic E-state index is 5.75. The highest BCUT2D eigenvalue weighted by molar-refractivity contribution is 7.99. The van der Waals surface area contributed by atoms with Gasteiger partial charge in [0.2, 0.25) is 17.8 Å². The number of nitrogens with two attached hydrogens (primary N) is 1. The number of aromatic nitrogens is 5. The Morgan fingerprint density at radius 2 is 2.25 bits per heavy atom. The van der Waals surface area contributed by atoms with Gasteiger partial charge in [-0.1, -0.05) is 0 Å². The van der Waals surface area contributed by atoms with Gasteiger partial charge in [-0.15, -0.1) is 0 Å². The van der Waals surface area contributed by atoms with E-state index in [9.17, 15) is 0 Å². The van der Waals surface area contributed by atoms with E-state index in [1.165, 1.54) is 6.42 Å². The van der Waals surface area contributed by atoms with E-state index < -0.39 is 0 Å². The lowest BCUT2D eigenvalue weighted by Gasteiger charge is -2.13. The van der Waals surface area contributed by atoms with Crippen LogP contribution in [0.5, 0.6) is 0 Å². The molecule has 3 N–H and O–H groups in total. The molecule has 3 rings (SSSR count). The van der Waals surface area contributed by atoms with Crippen LogP contribution in [-0.4, -0.2) is 42.1 Å². The minimum atomic E-state index is 0.214. The highest BCUT2D eigenvalue weighted by atomic mass is 32.2. The molecule has 0 aliphatic heterocycles. The summed E-state index contributed by atoms with van der Waals surface area (Å²) >= 11 is 1.92. The van der Waals surface area contributed by atoms with Crippen molar-refractivity contribution in [2.24, 2.45) is 0 Å². The molecule has 2 aromatic heterocycles. The lowest BCUT2D eigenvalue weighted by Crippen LogP contribution is -2.19. The first-order valence-electron chi connectivity index (χ1n) is 6.54. The van der Waals surface area contributed by atoms with Gasteiger partial charge < -0.3 is 11.1 Å². The first kappa shape index (κ1) is 13.2. The number of hydrogen-bond acceptors (Lipinski definition) is 7. The summed E-state index contributed by atoms with van der Waals surface area (Å²) in [4.78, 5) is 16.7. The van der Waals surface area contributed by atoms with Crippen LogP contribution in [0.3, 0.4) is 0 Å². The minimum absolute atomic E-state index is 0.214. The van der Waals surface area contributed by atoms with Gasteiger partial charge in [0, 0.05) is 23.7 Å². The van der Waals surface area contributed by atoms with E-state index in [4.69, 9.17) is 5.73 Å². The molecule has 0 spiro atoms. The first-order valence-corrected chi connectivity index (χ1v) is 7.82. The Morgan fingerprint density at radius 3 is 2.95 bits per heavy atom. The highest BCUT2D eigenvalue weighted by Gasteiger charge is 2.24. The highest BCUT2D eigenvalue weighted by Crippen LogP contribution is 2.29. The predicted octanol–water partition coefficient (Wildman–Crippen LogP) is 1.34. The van der Waals surface area contributed by atoms with Crippen LogP contribution in [0.25, 0.3) is 5.95 Å². The molecule has 1 fully saturated rings. The summed E-state index contributed by atoms with van der Waals surface area (Å²) in [5, 5.41) is 4.08. The van der Waals surface area contributed by atoms with Crippen LogP contribution in [0.2, 0.25) is 0 Å². The van der Waals surface area contributed by atoms with E-state index in [2.05, 4.69) is 31.5 Å². The number of hydrogen-bond donors (Lipinski definition) is 2. The second-order valence-corrected chi connectivity index (χ2v) is 5.94. The summed E-state index contributed by atoms with van der Waals surface area (Å²) in [5.41, 5.74) is 5.75. The zero-order valence-corrected chi connectivity index (χ0v) is 12.0. The Morgan fingerprint density at radius 1 is 1.35 bits per heavy atom. The molecule has 0 amide bonds. The van der Waals surface area contributed by atoms with Crippen LogP contribution in [0.15, 0.2) is 18.7 Å². The molecule has 0 bridgehead atoms. The molecule has 7 nitrogen and oxygen atoms in total. The molecule has 2 unspecified atom stereocenters. The Kier molecular flexibility index (Phi) is 3.72. The average molecular weight is 291 g/mol. The fraction of sp³-hybridized carbons (Fsp3) is 0.500. The van der Waals surface area contributed by atoms with Crippen molar-refractivity contribution >= 4 is 23.7 Å². The van der Waals surface area contributed by atoms with Crippen molar-refractivity contribution in [1.82, 2.24) is 24.5 Å². The summed E-state index contributed by atoms with van der Waals surface area (Å²) in [7, 11) is 0. The van der Waals surface area contributed by atoms with E-state index in [0.717, 1.165) is 18.1 Å². The van der Waals surface area contributed by atoms with Gasteiger partial charge in [-0.3, -0.25) is 4.57 Å². The Labute approximate surface area is 121 Å². The van der Waals surface area contributed by atoms with Crippen LogP contribution in [-0.2, 0) is 0 Å². The largest absolute Gasteiger partial charge is 0.368 e. The number of imidazole rings is 1. The Balaban J connectivity index is 1.77. The number of anilines is 2. The van der Waals surface area contributed by atoms with E-state index in [1.807, 2.05) is 11.8 Å². The van der Waals surface area contributed by atoms with Gasteiger partial charge in [0.05, 0.1) is 0 Å². The molecule has 1 saturated carbocycles. The van der Waals surface area contributed by atoms with Crippen molar-refractivity contribution in [1.29, 1.82) is 0 Å². The number of nitrogens with one attached hydrogen (secondary N) is 1. The van der Waals surface area contributed by atoms with Crippen molar-refractivity contribution < 1.29 is 0 Å². The zero-order valence-electron chi connectivity index (χ0n) is 11.2. The van der Waals surface area contributed by atoms with Crippen LogP contribution in [0.4, 0.5) is 11.9 Å². The quantitative estimate of drug-likeness (QED) is 0.877. The van der Waals surface area contributed by atoms with Crippen LogP contribution < -0.4 is 11.1 Å². The summed E-state index contributed by atoms with van der Waals surface area (Å²) in [6.07, 6.45) is 10.7. The standard InChI is InChI=1S/C12H17N7S/c1-20-9-3-2-8(6-9)15-11-16-10(13)17-12(18-11)19-5-4-14-7-19/h4-5,7-9H,2-3,6H2,1H3,(H3,13,15,16,17,18). The van der Waals surface area contributed by atoms with E-state index in [-0.39, 0.29) is 5.95 Å². The van der Waals surface area contributed by atoms with Crippen molar-refractivity contribution in [3.8, 4) is 5.95 Å². The maximum Gasteiger partial charge on any atom is 0.241 e. The Hall–Kier alpha value is -1.83. The fourth-order valence-electron chi connectivity index (χ4n) is 2.41. The molecule has 0 aromatic carbocycles. The van der Waals surface area contributed by atoms with Crippen LogP contribution >= 0.6 is 11.8 Å². The first-order chi connectivity index (χ1) is 9.74. The third kappa shape index (κ3) is 2.84. The lowest BCUT2D eigenvalue weighted by molar-refractivity contribution is 0.741. The SMILES string of the molecule is CSC1CCC(Nc2nc(N)nc(-n3ccnc3)n2)C1. The van der Waals surface area contributed by atoms with Gasteiger partial charge in [-0.05, 0) is 25.5 Å².